The second-order valence-electron chi connectivity index (χ2n) is 6.15. The summed E-state index contributed by atoms with van der Waals surface area (Å²) in [5, 5.41) is 3.32. The van der Waals surface area contributed by atoms with Gasteiger partial charge >= 0.3 is 0 Å². The van der Waals surface area contributed by atoms with E-state index >= 15 is 0 Å². The van der Waals surface area contributed by atoms with Crippen molar-refractivity contribution < 1.29 is 4.74 Å². The Kier molecular flexibility index (Phi) is 2.52. The zero-order valence-electron chi connectivity index (χ0n) is 11.6. The highest BCUT2D eigenvalue weighted by atomic mass is 16.5. The molecular weight excluding hydrogens is 236 g/mol. The fourth-order valence-electron chi connectivity index (χ4n) is 4.18. The molecule has 1 unspecified atom stereocenters. The molecule has 3 nitrogen and oxygen atoms in total. The second kappa shape index (κ2) is 4.14. The molecule has 0 aromatic rings. The fourth-order valence-corrected chi connectivity index (χ4v) is 4.18. The molecule has 0 radical (unpaired) electrons. The van der Waals surface area contributed by atoms with Gasteiger partial charge in [0.1, 0.15) is 5.76 Å². The molecular formula is C16H22N2O. The highest BCUT2D eigenvalue weighted by Gasteiger charge is 2.52. The number of allylic oxidation sites excluding steroid dienone is 3. The van der Waals surface area contributed by atoms with Crippen LogP contribution in [0.5, 0.6) is 0 Å². The van der Waals surface area contributed by atoms with E-state index in [-0.39, 0.29) is 11.6 Å². The lowest BCUT2D eigenvalue weighted by Gasteiger charge is -2.42. The van der Waals surface area contributed by atoms with Gasteiger partial charge in [-0.25, -0.2) is 0 Å². The predicted molar refractivity (Wildman–Crippen MR) is 74.8 cm³/mol. The molecule has 0 aromatic heterocycles. The number of nitrogens with zero attached hydrogens (tertiary/aromatic N) is 1. The van der Waals surface area contributed by atoms with E-state index in [4.69, 9.17) is 4.74 Å². The van der Waals surface area contributed by atoms with Crippen molar-refractivity contribution in [3.63, 3.8) is 0 Å². The summed E-state index contributed by atoms with van der Waals surface area (Å²) in [6.07, 6.45) is 15.6. The van der Waals surface area contributed by atoms with Crippen LogP contribution in [-0.2, 0) is 4.74 Å². The molecule has 2 atom stereocenters. The van der Waals surface area contributed by atoms with Gasteiger partial charge in [0.15, 0.2) is 6.23 Å². The number of nitrogens with one attached hydrogen (secondary N) is 1. The maximum Gasteiger partial charge on any atom is 0.150 e. The third-order valence-electron chi connectivity index (χ3n) is 5.15. The molecule has 0 amide bonds. The summed E-state index contributed by atoms with van der Waals surface area (Å²) in [5.41, 5.74) is 3.23. The Morgan fingerprint density at radius 1 is 1.37 bits per heavy atom. The highest BCUT2D eigenvalue weighted by Crippen LogP contribution is 2.58. The minimum atomic E-state index is 0.190. The number of ether oxygens (including phenoxy) is 1. The van der Waals surface area contributed by atoms with Gasteiger partial charge in [0.25, 0.3) is 0 Å². The first kappa shape index (κ1) is 11.6. The van der Waals surface area contributed by atoms with Crippen LogP contribution >= 0.6 is 0 Å². The molecule has 1 saturated heterocycles. The summed E-state index contributed by atoms with van der Waals surface area (Å²) in [5.74, 6) is 1.29. The van der Waals surface area contributed by atoms with Crippen molar-refractivity contribution in [2.24, 2.45) is 5.41 Å². The molecule has 4 aliphatic rings. The van der Waals surface area contributed by atoms with Crippen molar-refractivity contribution in [1.29, 1.82) is 0 Å². The summed E-state index contributed by atoms with van der Waals surface area (Å²) < 4.78 is 6.30. The molecule has 1 saturated carbocycles. The Labute approximate surface area is 115 Å². The largest absolute Gasteiger partial charge is 0.477 e. The van der Waals surface area contributed by atoms with Gasteiger partial charge in [-0.15, -0.1) is 0 Å². The predicted octanol–water partition coefficient (Wildman–Crippen LogP) is 3.23. The van der Waals surface area contributed by atoms with Crippen LogP contribution < -0.4 is 5.32 Å². The quantitative estimate of drug-likeness (QED) is 0.781. The van der Waals surface area contributed by atoms with Crippen molar-refractivity contribution in [2.45, 2.75) is 51.2 Å². The molecule has 19 heavy (non-hydrogen) atoms. The van der Waals surface area contributed by atoms with Crippen LogP contribution in [0.3, 0.4) is 0 Å². The molecule has 0 aromatic carbocycles. The van der Waals surface area contributed by atoms with Crippen LogP contribution in [0.25, 0.3) is 0 Å². The topological polar surface area (TPSA) is 24.5 Å². The molecule has 2 fully saturated rings. The van der Waals surface area contributed by atoms with E-state index < -0.39 is 0 Å². The molecule has 102 valence electrons. The van der Waals surface area contributed by atoms with Gasteiger partial charge in [-0.3, -0.25) is 5.32 Å². The van der Waals surface area contributed by atoms with Crippen LogP contribution in [0.2, 0.25) is 0 Å². The van der Waals surface area contributed by atoms with E-state index in [0.29, 0.717) is 0 Å². The number of hydrogen-bond acceptors (Lipinski definition) is 3. The Morgan fingerprint density at radius 2 is 2.32 bits per heavy atom. The van der Waals surface area contributed by atoms with Crippen molar-refractivity contribution >= 4 is 0 Å². The van der Waals surface area contributed by atoms with E-state index in [1.807, 2.05) is 7.05 Å². The lowest BCUT2D eigenvalue weighted by molar-refractivity contribution is 0.126. The first-order chi connectivity index (χ1) is 9.33. The van der Waals surface area contributed by atoms with Crippen molar-refractivity contribution in [3.8, 4) is 0 Å². The number of hydrogen-bond donors (Lipinski definition) is 1. The summed E-state index contributed by atoms with van der Waals surface area (Å²) >= 11 is 0. The molecule has 1 aliphatic carbocycles. The van der Waals surface area contributed by atoms with E-state index in [1.54, 1.807) is 5.57 Å². The SMILES string of the molecule is CN[C@@H]1CC23CCCCC2=CN2C=CCCC2=C3O1. The average molecular weight is 258 g/mol. The van der Waals surface area contributed by atoms with Crippen LogP contribution in [0.4, 0.5) is 0 Å². The Bertz CT molecular complexity index is 491. The van der Waals surface area contributed by atoms with Crippen LogP contribution in [0, 0.1) is 5.41 Å². The first-order valence-electron chi connectivity index (χ1n) is 7.57. The standard InChI is InChI=1S/C16H22N2O/c1-17-14-10-16-8-4-2-6-12(16)11-18-9-5-3-7-13(18)15(16)19-14/h5,9,11,14,17H,2-4,6-8,10H2,1H3/t14-,16?/m0/s1. The van der Waals surface area contributed by atoms with Crippen molar-refractivity contribution in [2.75, 3.05) is 7.05 Å². The van der Waals surface area contributed by atoms with Gasteiger partial charge in [-0.05, 0) is 44.7 Å². The lowest BCUT2D eigenvalue weighted by Crippen LogP contribution is -2.34. The zero-order valence-corrected chi connectivity index (χ0v) is 11.6. The maximum atomic E-state index is 6.30. The van der Waals surface area contributed by atoms with E-state index in [0.717, 1.165) is 19.3 Å². The number of rotatable bonds is 1. The van der Waals surface area contributed by atoms with Crippen LogP contribution in [0.1, 0.15) is 44.9 Å². The summed E-state index contributed by atoms with van der Waals surface area (Å²) in [4.78, 5) is 2.32. The maximum absolute atomic E-state index is 6.30. The van der Waals surface area contributed by atoms with Crippen LogP contribution in [0.15, 0.2) is 35.5 Å². The van der Waals surface area contributed by atoms with Crippen LogP contribution in [-0.4, -0.2) is 18.2 Å². The van der Waals surface area contributed by atoms with Gasteiger partial charge in [0.2, 0.25) is 0 Å². The minimum Gasteiger partial charge on any atom is -0.477 e. The number of fused-ring (bicyclic) bond motifs is 1. The summed E-state index contributed by atoms with van der Waals surface area (Å²) in [7, 11) is 2.01. The minimum absolute atomic E-state index is 0.190. The molecule has 1 N–H and O–H groups in total. The Morgan fingerprint density at radius 3 is 3.21 bits per heavy atom. The highest BCUT2D eigenvalue weighted by molar-refractivity contribution is 5.40. The van der Waals surface area contributed by atoms with Crippen molar-refractivity contribution in [3.05, 3.63) is 35.5 Å². The summed E-state index contributed by atoms with van der Waals surface area (Å²) in [6.45, 7) is 0. The Balaban J connectivity index is 1.84. The molecule has 3 aliphatic heterocycles. The lowest BCUT2D eigenvalue weighted by atomic mass is 9.66. The first-order valence-corrected chi connectivity index (χ1v) is 7.57. The fraction of sp³-hybridized carbons (Fsp3) is 0.625. The van der Waals surface area contributed by atoms with Gasteiger partial charge in [-0.2, -0.15) is 0 Å². The Hall–Kier alpha value is -1.22. The smallest absolute Gasteiger partial charge is 0.150 e. The van der Waals surface area contributed by atoms with E-state index in [1.165, 1.54) is 37.1 Å². The molecule has 4 rings (SSSR count). The van der Waals surface area contributed by atoms with Gasteiger partial charge < -0.3 is 9.64 Å². The van der Waals surface area contributed by atoms with Gasteiger partial charge in [-0.1, -0.05) is 12.5 Å². The van der Waals surface area contributed by atoms with Gasteiger partial charge in [0.05, 0.1) is 11.1 Å². The summed E-state index contributed by atoms with van der Waals surface area (Å²) in [6, 6.07) is 0. The normalized spacial score (nSPS) is 36.4. The average Bonchev–Trinajstić information content (AvgIpc) is 2.84. The monoisotopic (exact) mass is 258 g/mol. The van der Waals surface area contributed by atoms with Gasteiger partial charge in [0, 0.05) is 18.8 Å². The molecule has 3 heteroatoms. The third-order valence-corrected chi connectivity index (χ3v) is 5.15. The molecule has 3 heterocycles. The second-order valence-corrected chi connectivity index (χ2v) is 6.15. The zero-order chi connectivity index (χ0) is 12.9. The third kappa shape index (κ3) is 1.54. The molecule has 1 spiro atoms. The van der Waals surface area contributed by atoms with Crippen molar-refractivity contribution in [1.82, 2.24) is 10.2 Å². The molecule has 0 bridgehead atoms. The van der Waals surface area contributed by atoms with E-state index in [2.05, 4.69) is 28.7 Å². The van der Waals surface area contributed by atoms with E-state index in [9.17, 15) is 0 Å².